The second-order valence-corrected chi connectivity index (χ2v) is 5.71. The Labute approximate surface area is 134 Å². The van der Waals surface area contributed by atoms with Crippen molar-refractivity contribution in [3.05, 3.63) is 35.9 Å². The Hall–Kier alpha value is -2.28. The molecule has 0 bridgehead atoms. The zero-order valence-electron chi connectivity index (χ0n) is 12.8. The molecule has 2 heterocycles. The molecule has 0 aromatic heterocycles. The second-order valence-electron chi connectivity index (χ2n) is 5.71. The van der Waals surface area contributed by atoms with E-state index in [9.17, 15) is 9.59 Å². The van der Waals surface area contributed by atoms with Gasteiger partial charge in [-0.25, -0.2) is 9.59 Å². The van der Waals surface area contributed by atoms with Crippen molar-refractivity contribution in [2.24, 2.45) is 0 Å². The molecule has 0 unspecified atom stereocenters. The smallest absolute Gasteiger partial charge is 0.441 e. The molecule has 2 fully saturated rings. The normalized spacial score (nSPS) is 17.7. The zero-order valence-corrected chi connectivity index (χ0v) is 12.8. The highest BCUT2D eigenvalue weighted by Gasteiger charge is 2.35. The van der Waals surface area contributed by atoms with Crippen molar-refractivity contribution in [1.82, 2.24) is 9.80 Å². The van der Waals surface area contributed by atoms with E-state index >= 15 is 0 Å². The van der Waals surface area contributed by atoms with Gasteiger partial charge in [0.1, 0.15) is 12.7 Å². The summed E-state index contributed by atoms with van der Waals surface area (Å²) in [7, 11) is 0. The number of carbonyl (C=O) groups is 2. The van der Waals surface area contributed by atoms with Crippen molar-refractivity contribution >= 4 is 12.2 Å². The molecule has 7 heteroatoms. The fraction of sp³-hybridized carbons (Fsp3) is 0.500. The molecule has 2 amide bonds. The van der Waals surface area contributed by atoms with E-state index in [0.29, 0.717) is 26.2 Å². The standard InChI is InChI=1S/C16H20N2O5/c19-15(21-12-13-6-2-1-3-7-13)18-10-14(11-18)22-23-16(20)17-8-4-5-9-17/h1-3,6-7,14H,4-5,8-12H2. The monoisotopic (exact) mass is 320 g/mol. The van der Waals surface area contributed by atoms with E-state index < -0.39 is 6.09 Å². The summed E-state index contributed by atoms with van der Waals surface area (Å²) in [5, 5.41) is 0. The summed E-state index contributed by atoms with van der Waals surface area (Å²) in [6.45, 7) is 2.39. The van der Waals surface area contributed by atoms with Crippen molar-refractivity contribution in [2.45, 2.75) is 25.6 Å². The van der Waals surface area contributed by atoms with Gasteiger partial charge in [-0.3, -0.25) is 4.89 Å². The minimum Gasteiger partial charge on any atom is -0.445 e. The molecule has 1 aromatic carbocycles. The van der Waals surface area contributed by atoms with Gasteiger partial charge in [0, 0.05) is 13.1 Å². The fourth-order valence-electron chi connectivity index (χ4n) is 2.52. The molecular formula is C16H20N2O5. The van der Waals surface area contributed by atoms with Crippen LogP contribution in [-0.2, 0) is 21.1 Å². The highest BCUT2D eigenvalue weighted by Crippen LogP contribution is 2.16. The molecule has 0 spiro atoms. The third-order valence-corrected chi connectivity index (χ3v) is 3.93. The van der Waals surface area contributed by atoms with E-state index in [1.807, 2.05) is 30.3 Å². The van der Waals surface area contributed by atoms with Crippen molar-refractivity contribution in [1.29, 1.82) is 0 Å². The number of nitrogens with zero attached hydrogens (tertiary/aromatic N) is 2. The number of likely N-dealkylation sites (tertiary alicyclic amines) is 2. The topological polar surface area (TPSA) is 68.3 Å². The third kappa shape index (κ3) is 4.13. The molecule has 2 aliphatic rings. The number of carbonyl (C=O) groups excluding carboxylic acids is 2. The molecule has 0 aliphatic carbocycles. The molecule has 0 radical (unpaired) electrons. The lowest BCUT2D eigenvalue weighted by Gasteiger charge is -2.36. The quantitative estimate of drug-likeness (QED) is 0.628. The first-order valence-electron chi connectivity index (χ1n) is 7.80. The van der Waals surface area contributed by atoms with E-state index in [1.165, 1.54) is 4.90 Å². The SMILES string of the molecule is O=C(OCc1ccccc1)N1CC(OOC(=O)N2CCCC2)C1. The molecule has 0 atom stereocenters. The van der Waals surface area contributed by atoms with Crippen LogP contribution in [0, 0.1) is 0 Å². The number of hydrogen-bond donors (Lipinski definition) is 0. The minimum absolute atomic E-state index is 0.242. The predicted octanol–water partition coefficient (Wildman–Crippen LogP) is 2.17. The fourth-order valence-corrected chi connectivity index (χ4v) is 2.52. The molecule has 2 aliphatic heterocycles. The molecule has 2 saturated heterocycles. The zero-order chi connectivity index (χ0) is 16.1. The van der Waals surface area contributed by atoms with Crippen molar-refractivity contribution < 1.29 is 24.1 Å². The Morgan fingerprint density at radius 3 is 2.39 bits per heavy atom. The minimum atomic E-state index is -0.451. The molecule has 23 heavy (non-hydrogen) atoms. The Balaban J connectivity index is 1.31. The van der Waals surface area contributed by atoms with Gasteiger partial charge in [-0.2, -0.15) is 4.89 Å². The first-order valence-corrected chi connectivity index (χ1v) is 7.80. The summed E-state index contributed by atoms with van der Waals surface area (Å²) in [6.07, 6.45) is 0.872. The molecule has 3 rings (SSSR count). The summed E-state index contributed by atoms with van der Waals surface area (Å²) in [5.41, 5.74) is 0.939. The van der Waals surface area contributed by atoms with Gasteiger partial charge in [0.05, 0.1) is 13.1 Å². The highest BCUT2D eigenvalue weighted by molar-refractivity contribution is 5.69. The van der Waals surface area contributed by atoms with Gasteiger partial charge < -0.3 is 14.5 Å². The Morgan fingerprint density at radius 1 is 1.00 bits per heavy atom. The summed E-state index contributed by atoms with van der Waals surface area (Å²) in [4.78, 5) is 36.4. The van der Waals surface area contributed by atoms with Crippen LogP contribution in [0.25, 0.3) is 0 Å². The molecule has 0 N–H and O–H groups in total. The molecular weight excluding hydrogens is 300 g/mol. The van der Waals surface area contributed by atoms with Crippen LogP contribution in [0.1, 0.15) is 18.4 Å². The summed E-state index contributed by atoms with van der Waals surface area (Å²) < 4.78 is 5.20. The summed E-state index contributed by atoms with van der Waals surface area (Å²) in [5.74, 6) is 0. The van der Waals surface area contributed by atoms with E-state index in [0.717, 1.165) is 18.4 Å². The molecule has 124 valence electrons. The van der Waals surface area contributed by atoms with E-state index in [-0.39, 0.29) is 18.8 Å². The van der Waals surface area contributed by atoms with Crippen LogP contribution in [0.3, 0.4) is 0 Å². The summed E-state index contributed by atoms with van der Waals surface area (Å²) in [6, 6.07) is 9.49. The van der Waals surface area contributed by atoms with Gasteiger partial charge >= 0.3 is 12.2 Å². The lowest BCUT2D eigenvalue weighted by molar-refractivity contribution is -0.298. The first-order chi connectivity index (χ1) is 11.2. The average molecular weight is 320 g/mol. The van der Waals surface area contributed by atoms with Gasteiger partial charge in [-0.1, -0.05) is 30.3 Å². The first kappa shape index (κ1) is 15.6. The van der Waals surface area contributed by atoms with Gasteiger partial charge in [0.2, 0.25) is 0 Å². The van der Waals surface area contributed by atoms with Crippen LogP contribution < -0.4 is 0 Å². The van der Waals surface area contributed by atoms with Gasteiger partial charge in [-0.05, 0) is 18.4 Å². The van der Waals surface area contributed by atoms with Gasteiger partial charge in [0.25, 0.3) is 0 Å². The van der Waals surface area contributed by atoms with E-state index in [2.05, 4.69) is 0 Å². The van der Waals surface area contributed by atoms with Crippen molar-refractivity contribution in [3.63, 3.8) is 0 Å². The highest BCUT2D eigenvalue weighted by atomic mass is 17.2. The van der Waals surface area contributed by atoms with Crippen LogP contribution >= 0.6 is 0 Å². The second kappa shape index (κ2) is 7.32. The van der Waals surface area contributed by atoms with E-state index in [1.54, 1.807) is 4.90 Å². The summed E-state index contributed by atoms with van der Waals surface area (Å²) >= 11 is 0. The van der Waals surface area contributed by atoms with Crippen LogP contribution in [0.4, 0.5) is 9.59 Å². The van der Waals surface area contributed by atoms with Gasteiger partial charge in [-0.15, -0.1) is 0 Å². The number of amides is 2. The lowest BCUT2D eigenvalue weighted by atomic mass is 10.2. The molecule has 1 aromatic rings. The lowest BCUT2D eigenvalue weighted by Crippen LogP contribution is -2.55. The average Bonchev–Trinajstić information content (AvgIpc) is 3.06. The Bertz CT molecular complexity index is 539. The predicted molar refractivity (Wildman–Crippen MR) is 80.4 cm³/mol. The molecule has 7 nitrogen and oxygen atoms in total. The van der Waals surface area contributed by atoms with Gasteiger partial charge in [0.15, 0.2) is 0 Å². The third-order valence-electron chi connectivity index (χ3n) is 3.93. The van der Waals surface area contributed by atoms with E-state index in [4.69, 9.17) is 14.5 Å². The molecule has 0 saturated carbocycles. The number of benzene rings is 1. The number of ether oxygens (including phenoxy) is 1. The number of rotatable bonds is 4. The van der Waals surface area contributed by atoms with Crippen LogP contribution in [0.5, 0.6) is 0 Å². The maximum atomic E-state index is 11.8. The van der Waals surface area contributed by atoms with Crippen LogP contribution in [0.15, 0.2) is 30.3 Å². The maximum Gasteiger partial charge on any atom is 0.441 e. The Morgan fingerprint density at radius 2 is 1.70 bits per heavy atom. The van der Waals surface area contributed by atoms with Crippen LogP contribution in [-0.4, -0.2) is 54.3 Å². The Kier molecular flexibility index (Phi) is 4.97. The van der Waals surface area contributed by atoms with Crippen molar-refractivity contribution in [2.75, 3.05) is 26.2 Å². The van der Waals surface area contributed by atoms with Crippen molar-refractivity contribution in [3.8, 4) is 0 Å². The van der Waals surface area contributed by atoms with Crippen LogP contribution in [0.2, 0.25) is 0 Å². The maximum absolute atomic E-state index is 11.8. The number of hydrogen-bond acceptors (Lipinski definition) is 5. The largest absolute Gasteiger partial charge is 0.445 e.